The van der Waals surface area contributed by atoms with Crippen molar-refractivity contribution in [3.05, 3.63) is 23.4 Å². The average Bonchev–Trinajstić information content (AvgIpc) is 2.33. The average molecular weight is 242 g/mol. The maximum absolute atomic E-state index is 5.84. The summed E-state index contributed by atoms with van der Waals surface area (Å²) in [4.78, 5) is 4.23. The van der Waals surface area contributed by atoms with E-state index in [0.717, 1.165) is 31.9 Å². The molecule has 0 amide bonds. The quantitative estimate of drug-likeness (QED) is 0.845. The lowest BCUT2D eigenvalue weighted by Gasteiger charge is -2.37. The van der Waals surface area contributed by atoms with E-state index in [4.69, 9.17) is 22.1 Å². The highest BCUT2D eigenvalue weighted by Gasteiger charge is 2.31. The Balaban J connectivity index is 2.08. The molecule has 1 aromatic rings. The molecule has 0 spiro atoms. The SMILES string of the molecule is NCC1(Nc2ccc(Cl)cn2)CCOCC1. The lowest BCUT2D eigenvalue weighted by Crippen LogP contribution is -2.49. The molecule has 0 atom stereocenters. The maximum Gasteiger partial charge on any atom is 0.126 e. The molecule has 2 heterocycles. The molecule has 5 heteroatoms. The van der Waals surface area contributed by atoms with Crippen molar-refractivity contribution in [2.24, 2.45) is 5.73 Å². The number of nitrogens with one attached hydrogen (secondary N) is 1. The molecule has 1 fully saturated rings. The van der Waals surface area contributed by atoms with Crippen LogP contribution in [-0.2, 0) is 4.74 Å². The molecule has 0 aliphatic carbocycles. The van der Waals surface area contributed by atoms with Crippen LogP contribution in [0.15, 0.2) is 18.3 Å². The van der Waals surface area contributed by atoms with E-state index < -0.39 is 0 Å². The van der Waals surface area contributed by atoms with Gasteiger partial charge in [0.1, 0.15) is 5.82 Å². The van der Waals surface area contributed by atoms with Gasteiger partial charge in [-0.05, 0) is 25.0 Å². The van der Waals surface area contributed by atoms with Crippen LogP contribution in [0.25, 0.3) is 0 Å². The number of anilines is 1. The lowest BCUT2D eigenvalue weighted by molar-refractivity contribution is 0.0627. The fourth-order valence-electron chi connectivity index (χ4n) is 1.86. The second kappa shape index (κ2) is 4.99. The molecule has 1 aliphatic rings. The first-order chi connectivity index (χ1) is 7.74. The molecule has 2 rings (SSSR count). The number of nitrogens with two attached hydrogens (primary N) is 1. The van der Waals surface area contributed by atoms with E-state index in [9.17, 15) is 0 Å². The van der Waals surface area contributed by atoms with Crippen LogP contribution in [-0.4, -0.2) is 30.3 Å². The second-order valence-corrected chi connectivity index (χ2v) is 4.52. The summed E-state index contributed by atoms with van der Waals surface area (Å²) in [6.45, 7) is 2.08. The van der Waals surface area contributed by atoms with Crippen LogP contribution in [0.4, 0.5) is 5.82 Å². The van der Waals surface area contributed by atoms with Crippen LogP contribution in [0, 0.1) is 0 Å². The highest BCUT2D eigenvalue weighted by Crippen LogP contribution is 2.24. The highest BCUT2D eigenvalue weighted by molar-refractivity contribution is 6.30. The molecule has 0 aromatic carbocycles. The topological polar surface area (TPSA) is 60.2 Å². The van der Waals surface area contributed by atoms with Gasteiger partial charge in [0.05, 0.1) is 10.6 Å². The van der Waals surface area contributed by atoms with Crippen LogP contribution < -0.4 is 11.1 Å². The van der Waals surface area contributed by atoms with Gasteiger partial charge in [-0.3, -0.25) is 0 Å². The monoisotopic (exact) mass is 241 g/mol. The minimum absolute atomic E-state index is 0.0842. The Labute approximate surface area is 100 Å². The summed E-state index contributed by atoms with van der Waals surface area (Å²) in [7, 11) is 0. The Morgan fingerprint density at radius 1 is 1.44 bits per heavy atom. The molecule has 16 heavy (non-hydrogen) atoms. The smallest absolute Gasteiger partial charge is 0.126 e. The van der Waals surface area contributed by atoms with Crippen LogP contribution >= 0.6 is 11.6 Å². The minimum atomic E-state index is -0.0842. The van der Waals surface area contributed by atoms with Crippen molar-refractivity contribution in [2.45, 2.75) is 18.4 Å². The summed E-state index contributed by atoms with van der Waals surface area (Å²) in [5.41, 5.74) is 5.76. The number of rotatable bonds is 3. The minimum Gasteiger partial charge on any atom is -0.381 e. The Bertz CT molecular complexity index is 336. The zero-order valence-electron chi connectivity index (χ0n) is 9.08. The first kappa shape index (κ1) is 11.6. The van der Waals surface area contributed by atoms with Gasteiger partial charge in [-0.1, -0.05) is 11.6 Å². The van der Waals surface area contributed by atoms with Crippen LogP contribution in [0.5, 0.6) is 0 Å². The van der Waals surface area contributed by atoms with E-state index >= 15 is 0 Å². The summed E-state index contributed by atoms with van der Waals surface area (Å²) in [5.74, 6) is 0.816. The zero-order chi connectivity index (χ0) is 11.4. The number of hydrogen-bond acceptors (Lipinski definition) is 4. The van der Waals surface area contributed by atoms with Gasteiger partial charge >= 0.3 is 0 Å². The van der Waals surface area contributed by atoms with Crippen molar-refractivity contribution in [2.75, 3.05) is 25.1 Å². The molecule has 0 unspecified atom stereocenters. The molecule has 1 aromatic heterocycles. The Morgan fingerprint density at radius 3 is 2.75 bits per heavy atom. The van der Waals surface area contributed by atoms with Crippen LogP contribution in [0.3, 0.4) is 0 Å². The molecule has 0 saturated carbocycles. The molecule has 1 saturated heterocycles. The number of halogens is 1. The number of hydrogen-bond donors (Lipinski definition) is 2. The molecular formula is C11H16ClN3O. The third kappa shape index (κ3) is 2.64. The van der Waals surface area contributed by atoms with E-state index in [1.54, 1.807) is 6.20 Å². The van der Waals surface area contributed by atoms with Crippen molar-refractivity contribution in [1.82, 2.24) is 4.98 Å². The highest BCUT2D eigenvalue weighted by atomic mass is 35.5. The predicted octanol–water partition coefficient (Wildman–Crippen LogP) is 1.65. The summed E-state index contributed by atoms with van der Waals surface area (Å²) >= 11 is 5.79. The second-order valence-electron chi connectivity index (χ2n) is 4.08. The summed E-state index contributed by atoms with van der Waals surface area (Å²) in [6, 6.07) is 3.69. The van der Waals surface area contributed by atoms with Crippen molar-refractivity contribution >= 4 is 17.4 Å². The van der Waals surface area contributed by atoms with Gasteiger partial charge in [-0.2, -0.15) is 0 Å². The van der Waals surface area contributed by atoms with Crippen LogP contribution in [0.1, 0.15) is 12.8 Å². The standard InChI is InChI=1S/C11H16ClN3O/c12-9-1-2-10(14-7-9)15-11(8-13)3-5-16-6-4-11/h1-2,7H,3-6,8,13H2,(H,14,15). The van der Waals surface area contributed by atoms with E-state index in [1.165, 1.54) is 0 Å². The van der Waals surface area contributed by atoms with Gasteiger partial charge in [0.2, 0.25) is 0 Å². The lowest BCUT2D eigenvalue weighted by atomic mass is 9.90. The van der Waals surface area contributed by atoms with E-state index in [-0.39, 0.29) is 5.54 Å². The summed E-state index contributed by atoms with van der Waals surface area (Å²) < 4.78 is 5.35. The number of ether oxygens (including phenoxy) is 1. The van der Waals surface area contributed by atoms with Gasteiger partial charge in [-0.15, -0.1) is 0 Å². The largest absolute Gasteiger partial charge is 0.381 e. The van der Waals surface area contributed by atoms with Gasteiger partial charge in [0.25, 0.3) is 0 Å². The first-order valence-electron chi connectivity index (χ1n) is 5.42. The molecule has 0 radical (unpaired) electrons. The molecule has 88 valence electrons. The van der Waals surface area contributed by atoms with Crippen LogP contribution in [0.2, 0.25) is 5.02 Å². The van der Waals surface area contributed by atoms with E-state index in [2.05, 4.69) is 10.3 Å². The Morgan fingerprint density at radius 2 is 2.19 bits per heavy atom. The molecule has 0 bridgehead atoms. The summed E-state index contributed by atoms with van der Waals surface area (Å²) in [5, 5.41) is 4.03. The normalized spacial score (nSPS) is 19.4. The van der Waals surface area contributed by atoms with Gasteiger partial charge in [-0.25, -0.2) is 4.98 Å². The van der Waals surface area contributed by atoms with Gasteiger partial charge in [0, 0.05) is 26.0 Å². The van der Waals surface area contributed by atoms with E-state index in [0.29, 0.717) is 11.6 Å². The van der Waals surface area contributed by atoms with Gasteiger partial charge in [0.15, 0.2) is 0 Å². The Kier molecular flexibility index (Phi) is 3.63. The fraction of sp³-hybridized carbons (Fsp3) is 0.545. The van der Waals surface area contributed by atoms with Crippen molar-refractivity contribution < 1.29 is 4.74 Å². The number of nitrogens with zero attached hydrogens (tertiary/aromatic N) is 1. The number of pyridine rings is 1. The first-order valence-corrected chi connectivity index (χ1v) is 5.79. The predicted molar refractivity (Wildman–Crippen MR) is 64.7 cm³/mol. The zero-order valence-corrected chi connectivity index (χ0v) is 9.83. The molecule has 3 N–H and O–H groups in total. The van der Waals surface area contributed by atoms with Crippen molar-refractivity contribution in [3.8, 4) is 0 Å². The molecule has 4 nitrogen and oxygen atoms in total. The number of aromatic nitrogens is 1. The van der Waals surface area contributed by atoms with Crippen molar-refractivity contribution in [3.63, 3.8) is 0 Å². The Hall–Kier alpha value is -0.840. The van der Waals surface area contributed by atoms with Crippen molar-refractivity contribution in [1.29, 1.82) is 0 Å². The molecule has 1 aliphatic heterocycles. The van der Waals surface area contributed by atoms with E-state index in [1.807, 2.05) is 12.1 Å². The third-order valence-corrected chi connectivity index (χ3v) is 3.18. The third-order valence-electron chi connectivity index (χ3n) is 2.96. The summed E-state index contributed by atoms with van der Waals surface area (Å²) in [6.07, 6.45) is 3.45. The maximum atomic E-state index is 5.84. The molecular weight excluding hydrogens is 226 g/mol. The fourth-order valence-corrected chi connectivity index (χ4v) is 1.98. The van der Waals surface area contributed by atoms with Gasteiger partial charge < -0.3 is 15.8 Å².